The first-order valence-corrected chi connectivity index (χ1v) is 9.70. The van der Waals surface area contributed by atoms with Crippen LogP contribution in [0.1, 0.15) is 46.6 Å². The molecule has 30 heavy (non-hydrogen) atoms. The maximum absolute atomic E-state index is 14.7. The van der Waals surface area contributed by atoms with Crippen LogP contribution in [0, 0.1) is 5.92 Å². The molecule has 0 bridgehead atoms. The zero-order chi connectivity index (χ0) is 23.2. The van der Waals surface area contributed by atoms with Gasteiger partial charge in [-0.3, -0.25) is 0 Å². The van der Waals surface area contributed by atoms with E-state index in [1.54, 1.807) is 65.0 Å². The summed E-state index contributed by atoms with van der Waals surface area (Å²) in [6.45, 7) is 6.66. The largest absolute Gasteiger partial charge is 0.459 e. The molecule has 9 heteroatoms. The number of halogens is 2. The average molecular weight is 430 g/mol. The Kier molecular flexibility index (Phi) is 8.74. The van der Waals surface area contributed by atoms with E-state index in [-0.39, 0.29) is 18.9 Å². The fourth-order valence-electron chi connectivity index (χ4n) is 2.82. The summed E-state index contributed by atoms with van der Waals surface area (Å²) in [6.07, 6.45) is -3.91. The van der Waals surface area contributed by atoms with Gasteiger partial charge in [0.05, 0.1) is 6.54 Å². The lowest BCUT2D eigenvalue weighted by molar-refractivity contribution is -0.177. The number of nitrogens with one attached hydrogen (secondary N) is 1. The lowest BCUT2D eigenvalue weighted by atomic mass is 9.81. The second-order valence-electron chi connectivity index (χ2n) is 8.72. The molecule has 0 saturated carbocycles. The van der Waals surface area contributed by atoms with Crippen LogP contribution in [0.15, 0.2) is 30.3 Å². The van der Waals surface area contributed by atoms with Crippen LogP contribution in [-0.4, -0.2) is 46.9 Å². The Morgan fingerprint density at radius 2 is 1.73 bits per heavy atom. The smallest absolute Gasteiger partial charge is 0.407 e. The predicted octanol–water partition coefficient (Wildman–Crippen LogP) is 2.99. The van der Waals surface area contributed by atoms with Crippen molar-refractivity contribution in [2.45, 2.75) is 70.8 Å². The van der Waals surface area contributed by atoms with Crippen molar-refractivity contribution in [3.8, 4) is 0 Å². The number of carbonyl (C=O) groups is 2. The van der Waals surface area contributed by atoms with Gasteiger partial charge in [-0.25, -0.2) is 18.4 Å². The molecule has 0 aliphatic rings. The number of nitrogens with two attached hydrogens (primary N) is 1. The third kappa shape index (κ3) is 7.87. The molecule has 4 N–H and O–H groups in total. The number of hydrogen-bond donors (Lipinski definition) is 3. The molecule has 0 fully saturated rings. The molecule has 7 nitrogen and oxygen atoms in total. The number of aliphatic hydroxyl groups excluding tert-OH is 1. The molecule has 170 valence electrons. The Labute approximate surface area is 175 Å². The maximum atomic E-state index is 14.7. The van der Waals surface area contributed by atoms with Gasteiger partial charge >= 0.3 is 12.1 Å². The van der Waals surface area contributed by atoms with Crippen molar-refractivity contribution in [1.82, 2.24) is 5.32 Å². The molecule has 0 heterocycles. The summed E-state index contributed by atoms with van der Waals surface area (Å²) >= 11 is 0. The van der Waals surface area contributed by atoms with E-state index in [1.165, 1.54) is 0 Å². The third-order valence-corrected chi connectivity index (χ3v) is 4.09. The van der Waals surface area contributed by atoms with E-state index in [1.807, 2.05) is 5.32 Å². The molecule has 2 unspecified atom stereocenters. The number of alkyl halides is 2. The van der Waals surface area contributed by atoms with Gasteiger partial charge in [-0.1, -0.05) is 44.2 Å². The second-order valence-corrected chi connectivity index (χ2v) is 8.72. The number of alkyl carbamates (subject to hydrolysis) is 1. The zero-order valence-corrected chi connectivity index (χ0v) is 18.1. The van der Waals surface area contributed by atoms with E-state index < -0.39 is 41.8 Å². The summed E-state index contributed by atoms with van der Waals surface area (Å²) in [5, 5.41) is 12.3. The SMILES string of the molecule is CC(C)CC(N)(C(=O)OCc1ccccc1)C(O)C(F)(F)CNC(=O)OC(C)(C)C. The minimum Gasteiger partial charge on any atom is -0.459 e. The van der Waals surface area contributed by atoms with Gasteiger partial charge in [-0.15, -0.1) is 0 Å². The van der Waals surface area contributed by atoms with Crippen molar-refractivity contribution in [2.24, 2.45) is 11.7 Å². The van der Waals surface area contributed by atoms with Crippen LogP contribution >= 0.6 is 0 Å². The topological polar surface area (TPSA) is 111 Å². The van der Waals surface area contributed by atoms with Crippen molar-refractivity contribution in [3.63, 3.8) is 0 Å². The highest BCUT2D eigenvalue weighted by Crippen LogP contribution is 2.31. The summed E-state index contributed by atoms with van der Waals surface area (Å²) in [6, 6.07) is 8.64. The number of hydrogen-bond acceptors (Lipinski definition) is 6. The highest BCUT2D eigenvalue weighted by Gasteiger charge is 2.55. The van der Waals surface area contributed by atoms with Crippen molar-refractivity contribution in [3.05, 3.63) is 35.9 Å². The molecule has 0 aliphatic heterocycles. The van der Waals surface area contributed by atoms with Crippen LogP contribution in [0.2, 0.25) is 0 Å². The van der Waals surface area contributed by atoms with Gasteiger partial charge in [0, 0.05) is 0 Å². The number of aliphatic hydroxyl groups is 1. The molecule has 1 rings (SSSR count). The summed E-state index contributed by atoms with van der Waals surface area (Å²) in [5.41, 5.74) is 3.39. The Bertz CT molecular complexity index is 707. The number of esters is 1. The van der Waals surface area contributed by atoms with E-state index in [9.17, 15) is 23.5 Å². The van der Waals surface area contributed by atoms with Crippen LogP contribution in [0.3, 0.4) is 0 Å². The molecule has 2 atom stereocenters. The quantitative estimate of drug-likeness (QED) is 0.520. The Hall–Kier alpha value is -2.26. The van der Waals surface area contributed by atoms with Crippen LogP contribution in [0.5, 0.6) is 0 Å². The van der Waals surface area contributed by atoms with E-state index >= 15 is 0 Å². The number of amides is 1. The Morgan fingerprint density at radius 3 is 2.23 bits per heavy atom. The maximum Gasteiger partial charge on any atom is 0.407 e. The van der Waals surface area contributed by atoms with Crippen molar-refractivity contribution < 1.29 is 33.0 Å². The minimum atomic E-state index is -3.91. The Morgan fingerprint density at radius 1 is 1.17 bits per heavy atom. The fraction of sp³-hybridized carbons (Fsp3) is 0.619. The predicted molar refractivity (Wildman–Crippen MR) is 108 cm³/mol. The van der Waals surface area contributed by atoms with Crippen molar-refractivity contribution in [2.75, 3.05) is 6.54 Å². The van der Waals surface area contributed by atoms with Gasteiger partial charge < -0.3 is 25.6 Å². The van der Waals surface area contributed by atoms with E-state index in [4.69, 9.17) is 15.2 Å². The van der Waals surface area contributed by atoms with Crippen LogP contribution in [0.25, 0.3) is 0 Å². The molecule has 0 aliphatic carbocycles. The third-order valence-electron chi connectivity index (χ3n) is 4.09. The van der Waals surface area contributed by atoms with Gasteiger partial charge in [-0.2, -0.15) is 0 Å². The summed E-state index contributed by atoms with van der Waals surface area (Å²) in [4.78, 5) is 24.3. The first-order chi connectivity index (χ1) is 13.7. The molecular weight excluding hydrogens is 398 g/mol. The van der Waals surface area contributed by atoms with Gasteiger partial charge in [0.1, 0.15) is 23.9 Å². The highest BCUT2D eigenvalue weighted by atomic mass is 19.3. The van der Waals surface area contributed by atoms with Crippen molar-refractivity contribution in [1.29, 1.82) is 0 Å². The van der Waals surface area contributed by atoms with E-state index in [0.717, 1.165) is 0 Å². The number of benzene rings is 1. The van der Waals surface area contributed by atoms with Crippen molar-refractivity contribution >= 4 is 12.1 Å². The zero-order valence-electron chi connectivity index (χ0n) is 18.1. The van der Waals surface area contributed by atoms with E-state index in [0.29, 0.717) is 5.56 Å². The number of carbonyl (C=O) groups excluding carboxylic acids is 2. The first-order valence-electron chi connectivity index (χ1n) is 9.70. The molecule has 1 aromatic carbocycles. The molecule has 0 spiro atoms. The summed E-state index contributed by atoms with van der Waals surface area (Å²) in [5.74, 6) is -5.35. The lowest BCUT2D eigenvalue weighted by Gasteiger charge is -2.37. The first kappa shape index (κ1) is 25.8. The molecule has 0 aromatic heterocycles. The molecule has 0 radical (unpaired) electrons. The summed E-state index contributed by atoms with van der Waals surface area (Å²) in [7, 11) is 0. The monoisotopic (exact) mass is 430 g/mol. The number of rotatable bonds is 9. The molecule has 1 aromatic rings. The molecular formula is C21H32F2N2O5. The number of ether oxygens (including phenoxy) is 2. The van der Waals surface area contributed by atoms with Crippen LogP contribution < -0.4 is 11.1 Å². The average Bonchev–Trinajstić information content (AvgIpc) is 2.62. The Balaban J connectivity index is 2.92. The lowest BCUT2D eigenvalue weighted by Crippen LogP contribution is -2.66. The molecule has 0 saturated heterocycles. The summed E-state index contributed by atoms with van der Waals surface area (Å²) < 4.78 is 39.4. The normalized spacial score (nSPS) is 15.3. The fourth-order valence-corrected chi connectivity index (χ4v) is 2.82. The minimum absolute atomic E-state index is 0.175. The van der Waals surface area contributed by atoms with Gasteiger partial charge in [0.15, 0.2) is 0 Å². The second kappa shape index (κ2) is 10.2. The van der Waals surface area contributed by atoms with Gasteiger partial charge in [-0.05, 0) is 38.7 Å². The molecule has 1 amide bonds. The van der Waals surface area contributed by atoms with Crippen LogP contribution in [-0.2, 0) is 20.9 Å². The van der Waals surface area contributed by atoms with Crippen LogP contribution in [0.4, 0.5) is 13.6 Å². The van der Waals surface area contributed by atoms with E-state index in [2.05, 4.69) is 0 Å². The highest BCUT2D eigenvalue weighted by molar-refractivity contribution is 5.81. The van der Waals surface area contributed by atoms with Gasteiger partial charge in [0.2, 0.25) is 0 Å². The standard InChI is InChI=1S/C21H32F2N2O5/c1-14(2)11-20(24,17(27)29-12-15-9-7-6-8-10-15)16(26)21(22,23)13-25-18(28)30-19(3,4)5/h6-10,14,16,26H,11-13,24H2,1-5H3,(H,25,28). The van der Waals surface area contributed by atoms with Gasteiger partial charge in [0.25, 0.3) is 5.92 Å².